The fourth-order valence-corrected chi connectivity index (χ4v) is 3.15. The number of unbranched alkanes of at least 4 members (excludes halogenated alkanes) is 2. The number of nitrogens with two attached hydrogens (primary N) is 1. The van der Waals surface area contributed by atoms with E-state index in [4.69, 9.17) is 10.8 Å². The molecule has 0 heterocycles. The van der Waals surface area contributed by atoms with Crippen LogP contribution in [0.3, 0.4) is 0 Å². The second-order valence-electron chi connectivity index (χ2n) is 4.39. The van der Waals surface area contributed by atoms with E-state index in [0.717, 1.165) is 18.1 Å². The number of carboxylic acid groups (broad SMARTS) is 1. The SMILES string of the molecule is CCCCSC(C)CC(=O)O.CCCCSCCN. The molecule has 1 atom stereocenters. The van der Waals surface area contributed by atoms with Crippen molar-refractivity contribution in [2.75, 3.05) is 23.8 Å². The minimum atomic E-state index is -0.693. The molecule has 3 nitrogen and oxygen atoms in total. The molecule has 0 aliphatic rings. The van der Waals surface area contributed by atoms with Crippen molar-refractivity contribution in [1.29, 1.82) is 0 Å². The summed E-state index contributed by atoms with van der Waals surface area (Å²) >= 11 is 3.70. The first kappa shape index (κ1) is 21.4. The van der Waals surface area contributed by atoms with E-state index in [1.54, 1.807) is 11.8 Å². The van der Waals surface area contributed by atoms with Crippen molar-refractivity contribution in [1.82, 2.24) is 0 Å². The summed E-state index contributed by atoms with van der Waals surface area (Å²) in [7, 11) is 0. The van der Waals surface area contributed by atoms with Gasteiger partial charge in [0, 0.05) is 17.5 Å². The molecule has 19 heavy (non-hydrogen) atoms. The van der Waals surface area contributed by atoms with Crippen molar-refractivity contribution >= 4 is 29.5 Å². The fourth-order valence-electron chi connectivity index (χ4n) is 1.17. The first-order valence-electron chi connectivity index (χ1n) is 7.19. The number of rotatable bonds is 11. The summed E-state index contributed by atoms with van der Waals surface area (Å²) in [5.41, 5.74) is 5.29. The highest BCUT2D eigenvalue weighted by molar-refractivity contribution is 7.99. The molecule has 0 aromatic heterocycles. The molecule has 1 unspecified atom stereocenters. The summed E-state index contributed by atoms with van der Waals surface area (Å²) in [6.45, 7) is 7.15. The zero-order valence-electron chi connectivity index (χ0n) is 12.7. The van der Waals surface area contributed by atoms with Gasteiger partial charge in [0.05, 0.1) is 6.42 Å². The normalized spacial score (nSPS) is 11.6. The van der Waals surface area contributed by atoms with Gasteiger partial charge in [-0.2, -0.15) is 23.5 Å². The summed E-state index contributed by atoms with van der Waals surface area (Å²) in [6, 6.07) is 0. The van der Waals surface area contributed by atoms with E-state index >= 15 is 0 Å². The van der Waals surface area contributed by atoms with Gasteiger partial charge >= 0.3 is 5.97 Å². The van der Waals surface area contributed by atoms with Gasteiger partial charge in [-0.15, -0.1) is 0 Å². The Morgan fingerprint density at radius 1 is 1.16 bits per heavy atom. The highest BCUT2D eigenvalue weighted by atomic mass is 32.2. The minimum absolute atomic E-state index is 0.263. The quantitative estimate of drug-likeness (QED) is 0.567. The Hall–Kier alpha value is 0.130. The molecule has 0 saturated heterocycles. The lowest BCUT2D eigenvalue weighted by Crippen LogP contribution is -2.06. The van der Waals surface area contributed by atoms with Gasteiger partial charge < -0.3 is 10.8 Å². The second-order valence-corrected chi connectivity index (χ2v) is 7.16. The maximum atomic E-state index is 10.2. The number of thioether (sulfide) groups is 2. The van der Waals surface area contributed by atoms with Crippen molar-refractivity contribution in [3.63, 3.8) is 0 Å². The molecule has 0 aromatic carbocycles. The molecule has 116 valence electrons. The Morgan fingerprint density at radius 2 is 1.74 bits per heavy atom. The molecule has 5 heteroatoms. The lowest BCUT2D eigenvalue weighted by molar-refractivity contribution is -0.136. The van der Waals surface area contributed by atoms with Crippen molar-refractivity contribution in [3.05, 3.63) is 0 Å². The molecule has 0 amide bonds. The number of carboxylic acids is 1. The van der Waals surface area contributed by atoms with Crippen molar-refractivity contribution in [3.8, 4) is 0 Å². The summed E-state index contributed by atoms with van der Waals surface area (Å²) in [5, 5.41) is 8.69. The first-order valence-corrected chi connectivity index (χ1v) is 9.39. The van der Waals surface area contributed by atoms with Gasteiger partial charge in [-0.1, -0.05) is 33.6 Å². The zero-order valence-corrected chi connectivity index (χ0v) is 14.3. The lowest BCUT2D eigenvalue weighted by atomic mass is 10.3. The predicted molar refractivity (Wildman–Crippen MR) is 90.4 cm³/mol. The van der Waals surface area contributed by atoms with Gasteiger partial charge in [-0.3, -0.25) is 4.79 Å². The summed E-state index contributed by atoms with van der Waals surface area (Å²) in [4.78, 5) is 10.2. The van der Waals surface area contributed by atoms with Crippen LogP contribution >= 0.6 is 23.5 Å². The number of aliphatic carboxylic acids is 1. The molecule has 0 rings (SSSR count). The van der Waals surface area contributed by atoms with Crippen LogP contribution in [0.2, 0.25) is 0 Å². The van der Waals surface area contributed by atoms with Crippen molar-refractivity contribution in [2.45, 2.75) is 58.1 Å². The predicted octanol–water partition coefficient (Wildman–Crippen LogP) is 3.86. The molecule has 0 aromatic rings. The van der Waals surface area contributed by atoms with Gasteiger partial charge in [0.2, 0.25) is 0 Å². The van der Waals surface area contributed by atoms with E-state index < -0.39 is 5.97 Å². The molecule has 0 spiro atoms. The smallest absolute Gasteiger partial charge is 0.304 e. The molecule has 0 aliphatic heterocycles. The molecule has 0 fully saturated rings. The Balaban J connectivity index is 0. The third-order valence-electron chi connectivity index (χ3n) is 2.27. The third kappa shape index (κ3) is 23.6. The molecule has 3 N–H and O–H groups in total. The Bertz CT molecular complexity index is 186. The number of hydrogen-bond donors (Lipinski definition) is 2. The van der Waals surface area contributed by atoms with Crippen LogP contribution in [0.15, 0.2) is 0 Å². The highest BCUT2D eigenvalue weighted by Crippen LogP contribution is 2.15. The summed E-state index contributed by atoms with van der Waals surface area (Å²) in [5.74, 6) is 2.81. The van der Waals surface area contributed by atoms with Gasteiger partial charge in [0.1, 0.15) is 0 Å². The van der Waals surface area contributed by atoms with E-state index in [9.17, 15) is 4.79 Å². The monoisotopic (exact) mass is 309 g/mol. The number of hydrogen-bond acceptors (Lipinski definition) is 4. The van der Waals surface area contributed by atoms with Crippen LogP contribution in [-0.4, -0.2) is 40.1 Å². The fraction of sp³-hybridized carbons (Fsp3) is 0.929. The van der Waals surface area contributed by atoms with Crippen LogP contribution in [0.4, 0.5) is 0 Å². The highest BCUT2D eigenvalue weighted by Gasteiger charge is 2.06. The zero-order chi connectivity index (χ0) is 14.9. The molecular weight excluding hydrogens is 278 g/mol. The summed E-state index contributed by atoms with van der Waals surface area (Å²) < 4.78 is 0. The van der Waals surface area contributed by atoms with Gasteiger partial charge in [-0.05, 0) is 24.3 Å². The Labute approximate surface area is 127 Å². The maximum Gasteiger partial charge on any atom is 0.304 e. The topological polar surface area (TPSA) is 63.3 Å². The standard InChI is InChI=1S/C8H16O2S.C6H15NS/c1-3-4-5-11-7(2)6-8(9)10;1-2-3-5-8-6-4-7/h7H,3-6H2,1-2H3,(H,9,10);2-7H2,1H3. The Morgan fingerprint density at radius 3 is 2.21 bits per heavy atom. The van der Waals surface area contributed by atoms with E-state index in [1.807, 2.05) is 18.7 Å². The van der Waals surface area contributed by atoms with Gasteiger partial charge in [0.25, 0.3) is 0 Å². The van der Waals surface area contributed by atoms with Gasteiger partial charge in [-0.25, -0.2) is 0 Å². The molecular formula is C14H31NO2S2. The second kappa shape index (κ2) is 18.1. The average molecular weight is 310 g/mol. The van der Waals surface area contributed by atoms with Crippen molar-refractivity contribution in [2.24, 2.45) is 5.73 Å². The van der Waals surface area contributed by atoms with Crippen LogP contribution in [0.5, 0.6) is 0 Å². The van der Waals surface area contributed by atoms with E-state index in [2.05, 4.69) is 13.8 Å². The van der Waals surface area contributed by atoms with Crippen LogP contribution in [0.1, 0.15) is 52.9 Å². The maximum absolute atomic E-state index is 10.2. The number of carbonyl (C=O) groups is 1. The van der Waals surface area contributed by atoms with E-state index in [-0.39, 0.29) is 11.7 Å². The van der Waals surface area contributed by atoms with Crippen LogP contribution in [-0.2, 0) is 4.79 Å². The first-order chi connectivity index (χ1) is 9.08. The Kier molecular flexibility index (Phi) is 20.4. The average Bonchev–Trinajstić information content (AvgIpc) is 2.35. The van der Waals surface area contributed by atoms with E-state index in [1.165, 1.54) is 31.4 Å². The van der Waals surface area contributed by atoms with Gasteiger partial charge in [0.15, 0.2) is 0 Å². The largest absolute Gasteiger partial charge is 0.481 e. The lowest BCUT2D eigenvalue weighted by Gasteiger charge is -2.06. The van der Waals surface area contributed by atoms with Crippen molar-refractivity contribution < 1.29 is 9.90 Å². The minimum Gasteiger partial charge on any atom is -0.481 e. The van der Waals surface area contributed by atoms with E-state index in [0.29, 0.717) is 0 Å². The van der Waals surface area contributed by atoms with Crippen LogP contribution < -0.4 is 5.73 Å². The molecule has 0 saturated carbocycles. The molecule has 0 radical (unpaired) electrons. The summed E-state index contributed by atoms with van der Waals surface area (Å²) in [6.07, 6.45) is 5.30. The van der Waals surface area contributed by atoms with Crippen LogP contribution in [0, 0.1) is 0 Å². The molecule has 0 bridgehead atoms. The third-order valence-corrected chi connectivity index (χ3v) is 4.63. The van der Waals surface area contributed by atoms with Crippen LogP contribution in [0.25, 0.3) is 0 Å². The molecule has 0 aliphatic carbocycles.